The van der Waals surface area contributed by atoms with Crippen molar-refractivity contribution in [3.63, 3.8) is 0 Å². The first-order valence-electron chi connectivity index (χ1n) is 7.77. The van der Waals surface area contributed by atoms with Gasteiger partial charge in [-0.05, 0) is 36.4 Å². The van der Waals surface area contributed by atoms with E-state index in [9.17, 15) is 18.0 Å². The van der Waals surface area contributed by atoms with E-state index >= 15 is 0 Å². The third-order valence-corrected chi connectivity index (χ3v) is 5.36. The second-order valence-corrected chi connectivity index (χ2v) is 7.49. The van der Waals surface area contributed by atoms with Crippen molar-refractivity contribution in [1.29, 1.82) is 0 Å². The Morgan fingerprint density at radius 2 is 1.86 bits per heavy atom. The van der Waals surface area contributed by atoms with Gasteiger partial charge in [0.05, 0.1) is 18.6 Å². The molecule has 0 bridgehead atoms. The lowest BCUT2D eigenvalue weighted by Gasteiger charge is -2.06. The van der Waals surface area contributed by atoms with Gasteiger partial charge < -0.3 is 15.4 Å². The van der Waals surface area contributed by atoms with Crippen molar-refractivity contribution < 1.29 is 22.7 Å². The highest BCUT2D eigenvalue weighted by Gasteiger charge is 2.16. The van der Waals surface area contributed by atoms with E-state index in [1.54, 1.807) is 19.2 Å². The van der Waals surface area contributed by atoms with Crippen LogP contribution in [0.25, 0.3) is 0 Å². The van der Waals surface area contributed by atoms with E-state index in [0.29, 0.717) is 9.47 Å². The highest BCUT2D eigenvalue weighted by atomic mass is 32.2. The van der Waals surface area contributed by atoms with E-state index in [4.69, 9.17) is 4.74 Å². The number of carbonyl (C=O) groups excluding carboxylic acids is 1. The Bertz CT molecular complexity index is 983. The summed E-state index contributed by atoms with van der Waals surface area (Å²) < 4.78 is 45.2. The molecule has 0 aliphatic carbocycles. The lowest BCUT2D eigenvalue weighted by Crippen LogP contribution is -2.15. The number of thioether (sulfide) groups is 1. The van der Waals surface area contributed by atoms with Crippen molar-refractivity contribution in [2.24, 2.45) is 0 Å². The number of amides is 1. The van der Waals surface area contributed by atoms with Gasteiger partial charge in [-0.25, -0.2) is 13.2 Å². The molecule has 11 heteroatoms. The average Bonchev–Trinajstić information content (AvgIpc) is 3.15. The number of hydrogen-bond donors (Lipinski definition) is 2. The maximum absolute atomic E-state index is 13.6. The average molecular weight is 426 g/mol. The molecule has 3 rings (SSSR count). The fourth-order valence-corrected chi connectivity index (χ4v) is 3.62. The molecule has 3 aromatic rings. The summed E-state index contributed by atoms with van der Waals surface area (Å²) in [5.74, 6) is -4.37. The van der Waals surface area contributed by atoms with Crippen molar-refractivity contribution in [3.8, 4) is 5.75 Å². The maximum Gasteiger partial charge on any atom is 0.234 e. The highest BCUT2D eigenvalue weighted by molar-refractivity contribution is 8.01. The largest absolute Gasteiger partial charge is 0.497 e. The summed E-state index contributed by atoms with van der Waals surface area (Å²) in [5, 5.41) is 13.7. The molecule has 0 spiro atoms. The quantitative estimate of drug-likeness (QED) is 0.430. The maximum atomic E-state index is 13.6. The smallest absolute Gasteiger partial charge is 0.234 e. The number of rotatable bonds is 7. The Hall–Kier alpha value is -2.79. The standard InChI is InChI=1S/C17H13F3N4O2S2/c1-26-10-4-2-9(3-5-10)21-16-23-24-17(28-16)27-8-13(25)22-12-7-6-11(18)14(19)15(12)20/h2-7H,8H2,1H3,(H,21,23)(H,22,25). The zero-order valence-electron chi connectivity index (χ0n) is 14.3. The molecule has 0 saturated carbocycles. The van der Waals surface area contributed by atoms with Crippen molar-refractivity contribution in [2.75, 3.05) is 23.5 Å². The molecule has 0 atom stereocenters. The molecule has 0 radical (unpaired) electrons. The zero-order valence-corrected chi connectivity index (χ0v) is 16.0. The predicted molar refractivity (Wildman–Crippen MR) is 102 cm³/mol. The van der Waals surface area contributed by atoms with Gasteiger partial charge in [0.1, 0.15) is 5.75 Å². The Balaban J connectivity index is 1.53. The van der Waals surface area contributed by atoms with Gasteiger partial charge in [-0.15, -0.1) is 10.2 Å². The molecule has 0 unspecified atom stereocenters. The zero-order chi connectivity index (χ0) is 20.1. The van der Waals surface area contributed by atoms with Gasteiger partial charge in [-0.1, -0.05) is 23.1 Å². The van der Waals surface area contributed by atoms with Crippen LogP contribution in [0.1, 0.15) is 0 Å². The molecule has 6 nitrogen and oxygen atoms in total. The van der Waals surface area contributed by atoms with Crippen molar-refractivity contribution in [2.45, 2.75) is 4.34 Å². The fourth-order valence-electron chi connectivity index (χ4n) is 2.05. The second kappa shape index (κ2) is 8.93. The van der Waals surface area contributed by atoms with Crippen LogP contribution in [0.3, 0.4) is 0 Å². The van der Waals surface area contributed by atoms with Gasteiger partial charge in [0.15, 0.2) is 21.8 Å². The van der Waals surface area contributed by atoms with E-state index in [0.717, 1.165) is 35.3 Å². The Kier molecular flexibility index (Phi) is 6.37. The molecule has 1 heterocycles. The topological polar surface area (TPSA) is 76.1 Å². The Morgan fingerprint density at radius 3 is 2.57 bits per heavy atom. The number of hydrogen-bond acceptors (Lipinski definition) is 7. The summed E-state index contributed by atoms with van der Waals surface area (Å²) in [6, 6.07) is 8.91. The van der Waals surface area contributed by atoms with Gasteiger partial charge in [0.2, 0.25) is 11.0 Å². The third-order valence-electron chi connectivity index (χ3n) is 3.38. The number of methoxy groups -OCH3 is 1. The van der Waals surface area contributed by atoms with E-state index in [2.05, 4.69) is 20.8 Å². The van der Waals surface area contributed by atoms with E-state index in [-0.39, 0.29) is 5.75 Å². The van der Waals surface area contributed by atoms with Crippen molar-refractivity contribution >= 4 is 45.5 Å². The van der Waals surface area contributed by atoms with Crippen LogP contribution in [0.5, 0.6) is 5.75 Å². The van der Waals surface area contributed by atoms with Gasteiger partial charge in [0, 0.05) is 5.69 Å². The van der Waals surface area contributed by atoms with Crippen LogP contribution in [0.4, 0.5) is 29.7 Å². The third kappa shape index (κ3) is 4.93. The number of halogens is 3. The molecular formula is C17H13F3N4O2S2. The summed E-state index contributed by atoms with van der Waals surface area (Å²) in [4.78, 5) is 11.9. The molecule has 0 saturated heterocycles. The highest BCUT2D eigenvalue weighted by Crippen LogP contribution is 2.28. The van der Waals surface area contributed by atoms with Crippen LogP contribution >= 0.6 is 23.1 Å². The summed E-state index contributed by atoms with van der Waals surface area (Å²) in [7, 11) is 1.58. The Labute approximate surface area is 166 Å². The van der Waals surface area contributed by atoms with E-state index in [1.807, 2.05) is 12.1 Å². The van der Waals surface area contributed by atoms with Crippen LogP contribution in [0, 0.1) is 17.5 Å². The minimum Gasteiger partial charge on any atom is -0.497 e. The molecule has 146 valence electrons. The number of carbonyl (C=O) groups is 1. The van der Waals surface area contributed by atoms with Gasteiger partial charge in [-0.2, -0.15) is 0 Å². The normalized spacial score (nSPS) is 10.6. The molecule has 2 aromatic carbocycles. The van der Waals surface area contributed by atoms with E-state index in [1.165, 1.54) is 11.3 Å². The van der Waals surface area contributed by atoms with Crippen LogP contribution in [0.2, 0.25) is 0 Å². The molecule has 2 N–H and O–H groups in total. The Morgan fingerprint density at radius 1 is 1.11 bits per heavy atom. The van der Waals surface area contributed by atoms with Crippen LogP contribution in [-0.2, 0) is 4.79 Å². The lowest BCUT2D eigenvalue weighted by molar-refractivity contribution is -0.113. The molecule has 1 amide bonds. The first kappa shape index (κ1) is 20.0. The number of aromatic nitrogens is 2. The number of nitrogens with one attached hydrogen (secondary N) is 2. The second-order valence-electron chi connectivity index (χ2n) is 5.29. The first-order chi connectivity index (χ1) is 13.5. The summed E-state index contributed by atoms with van der Waals surface area (Å²) in [6.45, 7) is 0. The summed E-state index contributed by atoms with van der Waals surface area (Å²) >= 11 is 2.31. The van der Waals surface area contributed by atoms with Crippen LogP contribution < -0.4 is 15.4 Å². The molecular weight excluding hydrogens is 413 g/mol. The van der Waals surface area contributed by atoms with Gasteiger partial charge in [-0.3, -0.25) is 4.79 Å². The van der Waals surface area contributed by atoms with Gasteiger partial charge in [0.25, 0.3) is 0 Å². The minimum absolute atomic E-state index is 0.102. The van der Waals surface area contributed by atoms with Crippen molar-refractivity contribution in [1.82, 2.24) is 10.2 Å². The molecule has 28 heavy (non-hydrogen) atoms. The number of ether oxygens (including phenoxy) is 1. The molecule has 0 fully saturated rings. The molecule has 0 aliphatic heterocycles. The van der Waals surface area contributed by atoms with Crippen molar-refractivity contribution in [3.05, 3.63) is 53.8 Å². The number of anilines is 3. The fraction of sp³-hybridized carbons (Fsp3) is 0.118. The SMILES string of the molecule is COc1ccc(Nc2nnc(SCC(=O)Nc3ccc(F)c(F)c3F)s2)cc1. The summed E-state index contributed by atoms with van der Waals surface area (Å²) in [5.41, 5.74) is 0.365. The van der Waals surface area contributed by atoms with E-state index < -0.39 is 29.0 Å². The molecule has 0 aliphatic rings. The predicted octanol–water partition coefficient (Wildman–Crippen LogP) is 4.44. The van der Waals surface area contributed by atoms with Crippen LogP contribution in [-0.4, -0.2) is 29.0 Å². The van der Waals surface area contributed by atoms with Crippen LogP contribution in [0.15, 0.2) is 40.7 Å². The summed E-state index contributed by atoms with van der Waals surface area (Å²) in [6.07, 6.45) is 0. The first-order valence-corrected chi connectivity index (χ1v) is 9.57. The monoisotopic (exact) mass is 426 g/mol. The van der Waals surface area contributed by atoms with Gasteiger partial charge >= 0.3 is 0 Å². The lowest BCUT2D eigenvalue weighted by atomic mass is 10.3. The minimum atomic E-state index is -1.64. The number of benzene rings is 2. The molecule has 1 aromatic heterocycles. The number of nitrogens with zero attached hydrogens (tertiary/aromatic N) is 2.